The lowest BCUT2D eigenvalue weighted by Gasteiger charge is -2.10. The van der Waals surface area contributed by atoms with Crippen molar-refractivity contribution in [2.24, 2.45) is 0 Å². The maximum absolute atomic E-state index is 13.4. The van der Waals surface area contributed by atoms with Crippen molar-refractivity contribution in [1.82, 2.24) is 4.98 Å². The molecule has 20 heavy (non-hydrogen) atoms. The van der Waals surface area contributed by atoms with E-state index >= 15 is 0 Å². The van der Waals surface area contributed by atoms with Gasteiger partial charge in [0.05, 0.1) is 4.47 Å². The number of para-hydroxylation sites is 1. The van der Waals surface area contributed by atoms with Gasteiger partial charge in [0.15, 0.2) is 0 Å². The molecular weight excluding hydrogens is 321 g/mol. The first-order valence-corrected chi connectivity index (χ1v) is 6.94. The summed E-state index contributed by atoms with van der Waals surface area (Å²) in [6.07, 6.45) is 1.73. The first-order chi connectivity index (χ1) is 9.75. The molecule has 0 spiro atoms. The number of hydrogen-bond donors (Lipinski definition) is 0. The Morgan fingerprint density at radius 3 is 2.75 bits per heavy atom. The highest BCUT2D eigenvalue weighted by Gasteiger charge is 2.07. The van der Waals surface area contributed by atoms with Crippen molar-refractivity contribution in [3.05, 3.63) is 70.6 Å². The molecule has 1 aromatic heterocycles. The van der Waals surface area contributed by atoms with E-state index in [1.165, 1.54) is 6.07 Å². The Balaban J connectivity index is 1.89. The van der Waals surface area contributed by atoms with Gasteiger partial charge in [-0.05, 0) is 34.1 Å². The van der Waals surface area contributed by atoms with E-state index in [0.29, 0.717) is 10.2 Å². The molecule has 0 aliphatic rings. The normalized spacial score (nSPS) is 10.7. The highest BCUT2D eigenvalue weighted by molar-refractivity contribution is 9.10. The van der Waals surface area contributed by atoms with Crippen LogP contribution in [0.5, 0.6) is 5.75 Å². The minimum Gasteiger partial charge on any atom is -0.487 e. The number of ether oxygens (including phenoxy) is 1. The van der Waals surface area contributed by atoms with Gasteiger partial charge in [-0.25, -0.2) is 4.39 Å². The summed E-state index contributed by atoms with van der Waals surface area (Å²) in [5.41, 5.74) is 1.57. The lowest BCUT2D eigenvalue weighted by molar-refractivity contribution is 0.308. The van der Waals surface area contributed by atoms with Crippen molar-refractivity contribution >= 4 is 26.8 Å². The number of fused-ring (bicyclic) bond motifs is 1. The minimum atomic E-state index is -0.290. The van der Waals surface area contributed by atoms with Crippen LogP contribution in [0.1, 0.15) is 5.56 Å². The quantitative estimate of drug-likeness (QED) is 0.693. The fourth-order valence-corrected chi connectivity index (χ4v) is 2.39. The van der Waals surface area contributed by atoms with Gasteiger partial charge >= 0.3 is 0 Å². The van der Waals surface area contributed by atoms with Crippen LogP contribution in [0.4, 0.5) is 4.39 Å². The third-order valence-corrected chi connectivity index (χ3v) is 3.90. The van der Waals surface area contributed by atoms with Gasteiger partial charge in [-0.3, -0.25) is 4.98 Å². The van der Waals surface area contributed by atoms with Crippen LogP contribution in [0, 0.1) is 5.82 Å². The van der Waals surface area contributed by atoms with Gasteiger partial charge in [0.2, 0.25) is 0 Å². The molecule has 1 heterocycles. The number of halogens is 2. The molecule has 100 valence electrons. The third-order valence-electron chi connectivity index (χ3n) is 3.01. The second-order valence-electron chi connectivity index (χ2n) is 4.33. The van der Waals surface area contributed by atoms with Crippen LogP contribution in [-0.2, 0) is 6.61 Å². The number of rotatable bonds is 3. The number of benzene rings is 2. The van der Waals surface area contributed by atoms with Gasteiger partial charge in [0, 0.05) is 17.1 Å². The van der Waals surface area contributed by atoms with Crippen LogP contribution < -0.4 is 4.74 Å². The second kappa shape index (κ2) is 5.59. The molecule has 0 unspecified atom stereocenters. The topological polar surface area (TPSA) is 22.1 Å². The standard InChI is InChI=1S/C16H11BrFNO/c17-15-12(5-1-7-13(15)18)10-20-14-8-2-4-11-6-3-9-19-16(11)14/h1-9H,10H2. The monoisotopic (exact) mass is 331 g/mol. The van der Waals surface area contributed by atoms with E-state index in [0.717, 1.165) is 16.5 Å². The molecule has 0 aliphatic heterocycles. The smallest absolute Gasteiger partial charge is 0.146 e. The summed E-state index contributed by atoms with van der Waals surface area (Å²) in [4.78, 5) is 4.32. The lowest BCUT2D eigenvalue weighted by atomic mass is 10.2. The summed E-state index contributed by atoms with van der Waals surface area (Å²) in [5, 5.41) is 1.02. The molecule has 0 amide bonds. The van der Waals surface area contributed by atoms with Crippen LogP contribution in [0.3, 0.4) is 0 Å². The lowest BCUT2D eigenvalue weighted by Crippen LogP contribution is -1.98. The van der Waals surface area contributed by atoms with Crippen molar-refractivity contribution in [2.75, 3.05) is 0 Å². The first kappa shape index (κ1) is 13.1. The zero-order chi connectivity index (χ0) is 13.9. The average molecular weight is 332 g/mol. The Kier molecular flexibility index (Phi) is 3.65. The summed E-state index contributed by atoms with van der Waals surface area (Å²) in [7, 11) is 0. The molecule has 3 rings (SSSR count). The minimum absolute atomic E-state index is 0.286. The molecule has 0 saturated heterocycles. The molecule has 0 N–H and O–H groups in total. The molecule has 3 aromatic rings. The molecule has 0 atom stereocenters. The van der Waals surface area contributed by atoms with E-state index in [1.54, 1.807) is 12.3 Å². The molecule has 2 nitrogen and oxygen atoms in total. The van der Waals surface area contributed by atoms with Gasteiger partial charge in [0.25, 0.3) is 0 Å². The Labute approximate surface area is 124 Å². The maximum atomic E-state index is 13.4. The highest BCUT2D eigenvalue weighted by Crippen LogP contribution is 2.26. The average Bonchev–Trinajstić information content (AvgIpc) is 2.49. The van der Waals surface area contributed by atoms with E-state index in [1.807, 2.05) is 36.4 Å². The fraction of sp³-hybridized carbons (Fsp3) is 0.0625. The van der Waals surface area contributed by atoms with Gasteiger partial charge in [0.1, 0.15) is 23.7 Å². The van der Waals surface area contributed by atoms with Crippen molar-refractivity contribution in [1.29, 1.82) is 0 Å². The summed E-state index contributed by atoms with van der Waals surface area (Å²) in [6.45, 7) is 0.286. The Bertz CT molecular complexity index is 755. The number of pyridine rings is 1. The highest BCUT2D eigenvalue weighted by atomic mass is 79.9. The van der Waals surface area contributed by atoms with Crippen LogP contribution in [0.2, 0.25) is 0 Å². The van der Waals surface area contributed by atoms with Gasteiger partial charge < -0.3 is 4.74 Å². The van der Waals surface area contributed by atoms with Crippen molar-refractivity contribution in [3.8, 4) is 5.75 Å². The number of nitrogens with zero attached hydrogens (tertiary/aromatic N) is 1. The van der Waals surface area contributed by atoms with E-state index in [9.17, 15) is 4.39 Å². The van der Waals surface area contributed by atoms with Crippen LogP contribution in [-0.4, -0.2) is 4.98 Å². The van der Waals surface area contributed by atoms with E-state index in [4.69, 9.17) is 4.74 Å². The molecule has 0 saturated carbocycles. The largest absolute Gasteiger partial charge is 0.487 e. The zero-order valence-electron chi connectivity index (χ0n) is 10.5. The van der Waals surface area contributed by atoms with E-state index in [-0.39, 0.29) is 12.4 Å². The van der Waals surface area contributed by atoms with Crippen molar-refractivity contribution in [3.63, 3.8) is 0 Å². The third kappa shape index (κ3) is 2.51. The van der Waals surface area contributed by atoms with Crippen molar-refractivity contribution in [2.45, 2.75) is 6.61 Å². The molecular formula is C16H11BrFNO. The maximum Gasteiger partial charge on any atom is 0.146 e. The summed E-state index contributed by atoms with van der Waals surface area (Å²) < 4.78 is 19.7. The van der Waals surface area contributed by atoms with Gasteiger partial charge in [-0.2, -0.15) is 0 Å². The van der Waals surface area contributed by atoms with Crippen LogP contribution in [0.25, 0.3) is 10.9 Å². The molecule has 0 bridgehead atoms. The molecule has 0 fully saturated rings. The Morgan fingerprint density at radius 1 is 1.05 bits per heavy atom. The van der Waals surface area contributed by atoms with Gasteiger partial charge in [-0.15, -0.1) is 0 Å². The van der Waals surface area contributed by atoms with Crippen molar-refractivity contribution < 1.29 is 9.13 Å². The number of hydrogen-bond acceptors (Lipinski definition) is 2. The second-order valence-corrected chi connectivity index (χ2v) is 5.13. The Morgan fingerprint density at radius 2 is 1.85 bits per heavy atom. The molecule has 2 aromatic carbocycles. The van der Waals surface area contributed by atoms with E-state index < -0.39 is 0 Å². The molecule has 0 aliphatic carbocycles. The predicted octanol–water partition coefficient (Wildman–Crippen LogP) is 4.72. The van der Waals surface area contributed by atoms with Crippen LogP contribution >= 0.6 is 15.9 Å². The SMILES string of the molecule is Fc1cccc(COc2cccc3cccnc23)c1Br. The first-order valence-electron chi connectivity index (χ1n) is 6.15. The van der Waals surface area contributed by atoms with E-state index in [2.05, 4.69) is 20.9 Å². The fourth-order valence-electron chi connectivity index (χ4n) is 2.01. The predicted molar refractivity (Wildman–Crippen MR) is 80.2 cm³/mol. The summed E-state index contributed by atoms with van der Waals surface area (Å²) in [6, 6.07) is 14.5. The number of aromatic nitrogens is 1. The molecule has 0 radical (unpaired) electrons. The summed E-state index contributed by atoms with van der Waals surface area (Å²) >= 11 is 3.23. The summed E-state index contributed by atoms with van der Waals surface area (Å²) in [5.74, 6) is 0.404. The molecule has 4 heteroatoms. The van der Waals surface area contributed by atoms with Gasteiger partial charge in [-0.1, -0.05) is 30.3 Å². The zero-order valence-corrected chi connectivity index (χ0v) is 12.1. The Hall–Kier alpha value is -1.94. The van der Waals surface area contributed by atoms with Crippen LogP contribution in [0.15, 0.2) is 59.2 Å².